The van der Waals surface area contributed by atoms with Crippen molar-refractivity contribution >= 4 is 0 Å². The first-order chi connectivity index (χ1) is 4.95. The zero-order valence-corrected chi connectivity index (χ0v) is 5.53. The number of hydrogen-bond donors (Lipinski definition) is 0. The fourth-order valence-corrected chi connectivity index (χ4v) is 0.861. The molecule has 1 saturated heterocycles. The molecular weight excluding hydrogens is 128 g/mol. The van der Waals surface area contributed by atoms with Gasteiger partial charge in [-0.3, -0.25) is 0 Å². The van der Waals surface area contributed by atoms with Crippen LogP contribution in [0.4, 0.5) is 0 Å². The summed E-state index contributed by atoms with van der Waals surface area (Å²) >= 11 is 0. The fraction of sp³-hybridized carbons (Fsp3) is 0.429. The van der Waals surface area contributed by atoms with E-state index >= 15 is 0 Å². The van der Waals surface area contributed by atoms with E-state index in [-0.39, 0.29) is 0 Å². The van der Waals surface area contributed by atoms with Crippen LogP contribution in [0.5, 0.6) is 0 Å². The van der Waals surface area contributed by atoms with E-state index in [1.54, 1.807) is 6.20 Å². The topological polar surface area (TPSA) is 38.3 Å². The molecule has 0 bridgehead atoms. The van der Waals surface area contributed by atoms with Crippen molar-refractivity contribution in [2.24, 2.45) is 0 Å². The lowest BCUT2D eigenvalue weighted by molar-refractivity contribution is 0.405. The minimum absolute atomic E-state index is 0.414. The Kier molecular flexibility index (Phi) is 1.36. The average molecular weight is 136 g/mol. The minimum Gasteiger partial charge on any atom is -0.373 e. The van der Waals surface area contributed by atoms with Crippen LogP contribution in [-0.2, 0) is 11.2 Å². The minimum atomic E-state index is 0.414. The molecule has 0 radical (unpaired) electrons. The second kappa shape index (κ2) is 2.34. The van der Waals surface area contributed by atoms with Crippen LogP contribution >= 0.6 is 0 Å². The molecule has 2 heterocycles. The van der Waals surface area contributed by atoms with E-state index in [0.29, 0.717) is 6.10 Å². The Hall–Kier alpha value is -0.960. The summed E-state index contributed by atoms with van der Waals surface area (Å²) in [5.41, 5.74) is 1.02. The van der Waals surface area contributed by atoms with Crippen LogP contribution in [0.3, 0.4) is 0 Å². The first kappa shape index (κ1) is 5.80. The summed E-state index contributed by atoms with van der Waals surface area (Å²) in [5, 5.41) is 7.69. The van der Waals surface area contributed by atoms with Crippen molar-refractivity contribution in [3.63, 3.8) is 0 Å². The summed E-state index contributed by atoms with van der Waals surface area (Å²) < 4.78 is 5.04. The molecule has 52 valence electrons. The molecule has 2 rings (SSSR count). The standard InChI is InChI=1S/C7H8N2O/c1-2-6(9-8-3-1)4-7-5-10-7/h1-3,7H,4-5H2. The molecular formula is C7H8N2O. The Morgan fingerprint density at radius 2 is 2.60 bits per heavy atom. The second-order valence-corrected chi connectivity index (χ2v) is 2.37. The van der Waals surface area contributed by atoms with Crippen LogP contribution in [0.2, 0.25) is 0 Å². The van der Waals surface area contributed by atoms with E-state index in [1.165, 1.54) is 0 Å². The van der Waals surface area contributed by atoms with E-state index in [4.69, 9.17) is 4.74 Å². The molecule has 0 saturated carbocycles. The van der Waals surface area contributed by atoms with Gasteiger partial charge in [-0.25, -0.2) is 0 Å². The third-order valence-electron chi connectivity index (χ3n) is 1.47. The second-order valence-electron chi connectivity index (χ2n) is 2.37. The molecule has 1 aliphatic heterocycles. The highest BCUT2D eigenvalue weighted by Gasteiger charge is 2.22. The highest BCUT2D eigenvalue weighted by Crippen LogP contribution is 2.13. The van der Waals surface area contributed by atoms with E-state index in [0.717, 1.165) is 18.7 Å². The van der Waals surface area contributed by atoms with Gasteiger partial charge in [0.15, 0.2) is 0 Å². The van der Waals surface area contributed by atoms with E-state index < -0.39 is 0 Å². The molecule has 0 aliphatic carbocycles. The van der Waals surface area contributed by atoms with Crippen LogP contribution < -0.4 is 0 Å². The number of ether oxygens (including phenoxy) is 1. The van der Waals surface area contributed by atoms with Gasteiger partial charge >= 0.3 is 0 Å². The molecule has 10 heavy (non-hydrogen) atoms. The zero-order valence-electron chi connectivity index (χ0n) is 5.53. The third-order valence-corrected chi connectivity index (χ3v) is 1.47. The number of epoxide rings is 1. The van der Waals surface area contributed by atoms with Gasteiger partial charge in [-0.15, -0.1) is 0 Å². The number of rotatable bonds is 2. The van der Waals surface area contributed by atoms with Gasteiger partial charge in [-0.1, -0.05) is 0 Å². The molecule has 1 aromatic rings. The first-order valence-corrected chi connectivity index (χ1v) is 3.33. The summed E-state index contributed by atoms with van der Waals surface area (Å²) in [6, 6.07) is 3.86. The largest absolute Gasteiger partial charge is 0.373 e. The van der Waals surface area contributed by atoms with Crippen molar-refractivity contribution in [1.29, 1.82) is 0 Å². The summed E-state index contributed by atoms with van der Waals surface area (Å²) in [4.78, 5) is 0. The highest BCUT2D eigenvalue weighted by atomic mass is 16.6. The molecule has 1 aliphatic rings. The molecule has 0 N–H and O–H groups in total. The Labute approximate surface area is 59.0 Å². The lowest BCUT2D eigenvalue weighted by Crippen LogP contribution is -1.96. The quantitative estimate of drug-likeness (QED) is 0.553. The molecule has 0 aromatic carbocycles. The molecule has 0 spiro atoms. The van der Waals surface area contributed by atoms with Gasteiger partial charge in [-0.05, 0) is 12.1 Å². The number of hydrogen-bond acceptors (Lipinski definition) is 3. The van der Waals surface area contributed by atoms with Gasteiger partial charge in [0, 0.05) is 12.6 Å². The first-order valence-electron chi connectivity index (χ1n) is 3.33. The third kappa shape index (κ3) is 1.30. The van der Waals surface area contributed by atoms with E-state index in [2.05, 4.69) is 10.2 Å². The van der Waals surface area contributed by atoms with Crippen LogP contribution in [0, 0.1) is 0 Å². The predicted molar refractivity (Wildman–Crippen MR) is 35.5 cm³/mol. The summed E-state index contributed by atoms with van der Waals surface area (Å²) in [6.07, 6.45) is 3.00. The molecule has 0 amide bonds. The Morgan fingerprint density at radius 1 is 1.70 bits per heavy atom. The maximum absolute atomic E-state index is 5.04. The van der Waals surface area contributed by atoms with Crippen molar-refractivity contribution in [3.05, 3.63) is 24.0 Å². The molecule has 3 nitrogen and oxygen atoms in total. The molecule has 1 aromatic heterocycles. The number of nitrogens with zero attached hydrogens (tertiary/aromatic N) is 2. The van der Waals surface area contributed by atoms with Crippen molar-refractivity contribution in [3.8, 4) is 0 Å². The maximum atomic E-state index is 5.04. The normalized spacial score (nSPS) is 22.6. The molecule has 1 unspecified atom stereocenters. The monoisotopic (exact) mass is 136 g/mol. The highest BCUT2D eigenvalue weighted by molar-refractivity contribution is 5.02. The Balaban J connectivity index is 2.03. The average Bonchev–Trinajstić information content (AvgIpc) is 2.74. The van der Waals surface area contributed by atoms with Crippen molar-refractivity contribution in [2.45, 2.75) is 12.5 Å². The van der Waals surface area contributed by atoms with E-state index in [1.807, 2.05) is 12.1 Å². The van der Waals surface area contributed by atoms with Crippen LogP contribution in [0.1, 0.15) is 5.69 Å². The van der Waals surface area contributed by atoms with Crippen LogP contribution in [0.15, 0.2) is 18.3 Å². The Bertz CT molecular complexity index is 208. The summed E-state index contributed by atoms with van der Waals surface area (Å²) in [7, 11) is 0. The van der Waals surface area contributed by atoms with Gasteiger partial charge in [-0.2, -0.15) is 10.2 Å². The zero-order chi connectivity index (χ0) is 6.81. The fourth-order valence-electron chi connectivity index (χ4n) is 0.861. The van der Waals surface area contributed by atoms with Crippen molar-refractivity contribution < 1.29 is 4.74 Å². The van der Waals surface area contributed by atoms with Gasteiger partial charge in [0.25, 0.3) is 0 Å². The predicted octanol–water partition coefficient (Wildman–Crippen LogP) is 0.418. The molecule has 3 heteroatoms. The Morgan fingerprint density at radius 3 is 3.20 bits per heavy atom. The summed E-state index contributed by atoms with van der Waals surface area (Å²) in [5.74, 6) is 0. The molecule has 1 atom stereocenters. The van der Waals surface area contributed by atoms with Crippen LogP contribution in [0.25, 0.3) is 0 Å². The smallest absolute Gasteiger partial charge is 0.0865 e. The van der Waals surface area contributed by atoms with Crippen molar-refractivity contribution in [1.82, 2.24) is 10.2 Å². The van der Waals surface area contributed by atoms with Crippen molar-refractivity contribution in [2.75, 3.05) is 6.61 Å². The van der Waals surface area contributed by atoms with Gasteiger partial charge < -0.3 is 4.74 Å². The van der Waals surface area contributed by atoms with Gasteiger partial charge in [0.2, 0.25) is 0 Å². The number of aromatic nitrogens is 2. The lowest BCUT2D eigenvalue weighted by Gasteiger charge is -1.91. The SMILES string of the molecule is c1cnnc(CC2CO2)c1. The van der Waals surface area contributed by atoms with E-state index in [9.17, 15) is 0 Å². The summed E-state index contributed by atoms with van der Waals surface area (Å²) in [6.45, 7) is 0.885. The van der Waals surface area contributed by atoms with Gasteiger partial charge in [0.1, 0.15) is 0 Å². The lowest BCUT2D eigenvalue weighted by atomic mass is 10.2. The maximum Gasteiger partial charge on any atom is 0.0865 e. The van der Waals surface area contributed by atoms with Crippen LogP contribution in [-0.4, -0.2) is 22.9 Å². The van der Waals surface area contributed by atoms with Gasteiger partial charge in [0.05, 0.1) is 18.4 Å². The molecule has 1 fully saturated rings.